The summed E-state index contributed by atoms with van der Waals surface area (Å²) in [6.45, 7) is 0.934. The fraction of sp³-hybridized carbons (Fsp3) is 0.286. The van der Waals surface area contributed by atoms with E-state index in [2.05, 4.69) is 20.6 Å². The van der Waals surface area contributed by atoms with Crippen molar-refractivity contribution in [2.75, 3.05) is 37.7 Å². The summed E-state index contributed by atoms with van der Waals surface area (Å²) in [4.78, 5) is 18.8. The van der Waals surface area contributed by atoms with Crippen molar-refractivity contribution in [1.29, 1.82) is 0 Å². The summed E-state index contributed by atoms with van der Waals surface area (Å²) in [5, 5.41) is 17.2. The Bertz CT molecular complexity index is 754. The van der Waals surface area contributed by atoms with Crippen LogP contribution in [0.2, 0.25) is 0 Å². The first-order valence-corrected chi connectivity index (χ1v) is 7.08. The molecule has 0 amide bonds. The highest BCUT2D eigenvalue weighted by atomic mass is 16.7. The zero-order valence-electron chi connectivity index (χ0n) is 12.8. The molecule has 1 aliphatic rings. The van der Waals surface area contributed by atoms with Crippen LogP contribution in [0.4, 0.5) is 23.0 Å². The van der Waals surface area contributed by atoms with E-state index in [0.29, 0.717) is 30.3 Å². The van der Waals surface area contributed by atoms with Gasteiger partial charge in [0.2, 0.25) is 18.4 Å². The van der Waals surface area contributed by atoms with Gasteiger partial charge in [-0.05, 0) is 12.1 Å². The van der Waals surface area contributed by atoms with Gasteiger partial charge in [0.05, 0.1) is 11.5 Å². The van der Waals surface area contributed by atoms with Gasteiger partial charge in [0.15, 0.2) is 11.5 Å². The van der Waals surface area contributed by atoms with Crippen LogP contribution in [0.3, 0.4) is 0 Å². The van der Waals surface area contributed by atoms with Gasteiger partial charge >= 0.3 is 5.69 Å². The summed E-state index contributed by atoms with van der Waals surface area (Å²) in [5.41, 5.74) is 0.343. The third-order valence-electron chi connectivity index (χ3n) is 3.24. The Hall–Kier alpha value is -3.14. The van der Waals surface area contributed by atoms with Gasteiger partial charge in [0, 0.05) is 25.4 Å². The van der Waals surface area contributed by atoms with E-state index >= 15 is 0 Å². The fourth-order valence-electron chi connectivity index (χ4n) is 2.16. The van der Waals surface area contributed by atoms with Crippen molar-refractivity contribution < 1.29 is 19.1 Å². The number of fused-ring (bicyclic) bond motifs is 1. The Morgan fingerprint density at radius 2 is 2.08 bits per heavy atom. The number of rotatable bonds is 7. The number of hydrogen-bond donors (Lipinski definition) is 2. The van der Waals surface area contributed by atoms with Crippen molar-refractivity contribution in [3.05, 3.63) is 34.6 Å². The highest BCUT2D eigenvalue weighted by Crippen LogP contribution is 2.37. The van der Waals surface area contributed by atoms with E-state index in [1.165, 1.54) is 6.33 Å². The Kier molecular flexibility index (Phi) is 4.57. The lowest BCUT2D eigenvalue weighted by Crippen LogP contribution is -2.12. The first-order chi connectivity index (χ1) is 11.7. The first kappa shape index (κ1) is 15.7. The van der Waals surface area contributed by atoms with Gasteiger partial charge in [-0.1, -0.05) is 0 Å². The predicted octanol–water partition coefficient (Wildman–Crippen LogP) is 1.92. The molecule has 0 radical (unpaired) electrons. The molecule has 0 aliphatic carbocycles. The number of benzene rings is 1. The van der Waals surface area contributed by atoms with Crippen LogP contribution in [0.15, 0.2) is 24.5 Å². The van der Waals surface area contributed by atoms with E-state index in [1.807, 2.05) is 0 Å². The molecular weight excluding hydrogens is 318 g/mol. The zero-order valence-corrected chi connectivity index (χ0v) is 12.8. The van der Waals surface area contributed by atoms with Crippen LogP contribution in [-0.2, 0) is 4.74 Å². The topological polar surface area (TPSA) is 121 Å². The number of anilines is 3. The van der Waals surface area contributed by atoms with Gasteiger partial charge in [-0.2, -0.15) is 0 Å². The van der Waals surface area contributed by atoms with Crippen LogP contribution in [0.1, 0.15) is 0 Å². The molecule has 2 aromatic rings. The van der Waals surface area contributed by atoms with Gasteiger partial charge in [0.25, 0.3) is 0 Å². The first-order valence-electron chi connectivity index (χ1n) is 7.08. The van der Waals surface area contributed by atoms with E-state index < -0.39 is 4.92 Å². The highest BCUT2D eigenvalue weighted by Gasteiger charge is 2.23. The molecular formula is C14H15N5O5. The van der Waals surface area contributed by atoms with Gasteiger partial charge in [0.1, 0.15) is 6.33 Å². The second-order valence-corrected chi connectivity index (χ2v) is 4.79. The van der Waals surface area contributed by atoms with E-state index in [1.54, 1.807) is 25.3 Å². The van der Waals surface area contributed by atoms with E-state index in [-0.39, 0.29) is 24.1 Å². The van der Waals surface area contributed by atoms with E-state index in [0.717, 1.165) is 0 Å². The Morgan fingerprint density at radius 1 is 1.29 bits per heavy atom. The molecule has 0 bridgehead atoms. The average Bonchev–Trinajstić information content (AvgIpc) is 3.02. The predicted molar refractivity (Wildman–Crippen MR) is 84.9 cm³/mol. The van der Waals surface area contributed by atoms with Crippen molar-refractivity contribution >= 4 is 23.0 Å². The van der Waals surface area contributed by atoms with Gasteiger partial charge in [-0.25, -0.2) is 9.97 Å². The van der Waals surface area contributed by atoms with Crippen LogP contribution < -0.4 is 20.1 Å². The van der Waals surface area contributed by atoms with Crippen molar-refractivity contribution in [2.24, 2.45) is 0 Å². The van der Waals surface area contributed by atoms with E-state index in [9.17, 15) is 10.1 Å². The number of nitrogens with one attached hydrogen (secondary N) is 2. The molecule has 24 heavy (non-hydrogen) atoms. The summed E-state index contributed by atoms with van der Waals surface area (Å²) in [5.74, 6) is 1.39. The monoisotopic (exact) mass is 333 g/mol. The molecule has 0 saturated heterocycles. The second kappa shape index (κ2) is 6.96. The molecule has 1 aliphatic heterocycles. The largest absolute Gasteiger partial charge is 0.454 e. The minimum Gasteiger partial charge on any atom is -0.454 e. The molecule has 10 nitrogen and oxygen atoms in total. The molecule has 2 N–H and O–H groups in total. The SMILES string of the molecule is COCCNc1ncnc(Nc2ccc3c(c2)OCO3)c1[N+](=O)[O-]. The lowest BCUT2D eigenvalue weighted by atomic mass is 10.2. The molecule has 2 heterocycles. The molecule has 0 fully saturated rings. The summed E-state index contributed by atoms with van der Waals surface area (Å²) in [6.07, 6.45) is 1.25. The van der Waals surface area contributed by atoms with Crippen molar-refractivity contribution in [1.82, 2.24) is 9.97 Å². The maximum atomic E-state index is 11.4. The maximum absolute atomic E-state index is 11.4. The van der Waals surface area contributed by atoms with Crippen LogP contribution in [0.5, 0.6) is 11.5 Å². The maximum Gasteiger partial charge on any atom is 0.353 e. The third-order valence-corrected chi connectivity index (χ3v) is 3.24. The third kappa shape index (κ3) is 3.27. The molecule has 126 valence electrons. The normalized spacial score (nSPS) is 12.0. The van der Waals surface area contributed by atoms with Gasteiger partial charge < -0.3 is 24.8 Å². The van der Waals surface area contributed by atoms with Crippen LogP contribution >= 0.6 is 0 Å². The standard InChI is InChI=1S/C14H15N5O5/c1-22-5-4-15-13-12(19(20)21)14(17-7-16-13)18-9-2-3-10-11(6-9)24-8-23-10/h2-3,6-7H,4-5,8H2,1H3,(H2,15,16,17,18). The molecule has 0 spiro atoms. The minimum atomic E-state index is -0.537. The lowest BCUT2D eigenvalue weighted by Gasteiger charge is -2.10. The average molecular weight is 333 g/mol. The number of methoxy groups -OCH3 is 1. The number of nitro groups is 1. The molecule has 10 heteroatoms. The Labute approximate surface area is 136 Å². The highest BCUT2D eigenvalue weighted by molar-refractivity contribution is 5.74. The van der Waals surface area contributed by atoms with Crippen molar-refractivity contribution in [2.45, 2.75) is 0 Å². The smallest absolute Gasteiger partial charge is 0.353 e. The van der Waals surface area contributed by atoms with Gasteiger partial charge in [-0.3, -0.25) is 10.1 Å². The molecule has 3 rings (SSSR count). The molecule has 1 aromatic carbocycles. The van der Waals surface area contributed by atoms with Gasteiger partial charge in [-0.15, -0.1) is 0 Å². The molecule has 0 atom stereocenters. The van der Waals surface area contributed by atoms with Crippen molar-refractivity contribution in [3.8, 4) is 11.5 Å². The number of aromatic nitrogens is 2. The summed E-state index contributed by atoms with van der Waals surface area (Å²) >= 11 is 0. The number of nitrogens with zero attached hydrogens (tertiary/aromatic N) is 3. The summed E-state index contributed by atoms with van der Waals surface area (Å²) in [7, 11) is 1.54. The lowest BCUT2D eigenvalue weighted by molar-refractivity contribution is -0.383. The zero-order chi connectivity index (χ0) is 16.9. The minimum absolute atomic E-state index is 0.0776. The number of hydrogen-bond acceptors (Lipinski definition) is 9. The van der Waals surface area contributed by atoms with Crippen LogP contribution in [0, 0.1) is 10.1 Å². The Morgan fingerprint density at radius 3 is 2.88 bits per heavy atom. The second-order valence-electron chi connectivity index (χ2n) is 4.79. The Balaban J connectivity index is 1.86. The number of ether oxygens (including phenoxy) is 3. The molecule has 1 aromatic heterocycles. The summed E-state index contributed by atoms with van der Waals surface area (Å²) < 4.78 is 15.4. The van der Waals surface area contributed by atoms with E-state index in [4.69, 9.17) is 14.2 Å². The summed E-state index contributed by atoms with van der Waals surface area (Å²) in [6, 6.07) is 5.12. The molecule has 0 saturated carbocycles. The quantitative estimate of drug-likeness (QED) is 0.444. The van der Waals surface area contributed by atoms with Crippen LogP contribution in [-0.4, -0.2) is 41.9 Å². The van der Waals surface area contributed by atoms with Crippen molar-refractivity contribution in [3.63, 3.8) is 0 Å². The molecule has 0 unspecified atom stereocenters. The fourth-order valence-corrected chi connectivity index (χ4v) is 2.16. The van der Waals surface area contributed by atoms with Crippen LogP contribution in [0.25, 0.3) is 0 Å².